The van der Waals surface area contributed by atoms with Crippen molar-refractivity contribution in [2.45, 2.75) is 20.3 Å². The van der Waals surface area contributed by atoms with E-state index in [4.69, 9.17) is 0 Å². The molecule has 0 radical (unpaired) electrons. The summed E-state index contributed by atoms with van der Waals surface area (Å²) in [6, 6.07) is 61.7. The molecule has 9 rings (SSSR count). The Hall–Kier alpha value is -6.38. The molecule has 2 heteroatoms. The van der Waals surface area contributed by atoms with Crippen LogP contribution in [0.15, 0.2) is 182 Å². The number of nitrogens with zero attached hydrogens (tertiary/aromatic N) is 2. The summed E-state index contributed by atoms with van der Waals surface area (Å²) < 4.78 is 4.80. The first-order valence-corrected chi connectivity index (χ1v) is 17.8. The molecule has 0 aliphatic rings. The van der Waals surface area contributed by atoms with Crippen molar-refractivity contribution in [2.24, 2.45) is 0 Å². The number of aromatic nitrogens is 2. The van der Waals surface area contributed by atoms with Crippen molar-refractivity contribution >= 4 is 54.8 Å². The van der Waals surface area contributed by atoms with Gasteiger partial charge in [0.25, 0.3) is 0 Å². The second-order valence-corrected chi connectivity index (χ2v) is 13.3. The predicted molar refractivity (Wildman–Crippen MR) is 219 cm³/mol. The van der Waals surface area contributed by atoms with Crippen molar-refractivity contribution < 1.29 is 0 Å². The minimum absolute atomic E-state index is 0.951. The van der Waals surface area contributed by atoms with Crippen LogP contribution in [-0.2, 0) is 0 Å². The summed E-state index contributed by atoms with van der Waals surface area (Å²) in [7, 11) is 0. The Labute approximate surface area is 298 Å². The fourth-order valence-corrected chi connectivity index (χ4v) is 7.72. The average Bonchev–Trinajstić information content (AvgIpc) is 3.71. The van der Waals surface area contributed by atoms with Crippen LogP contribution >= 0.6 is 0 Å². The van der Waals surface area contributed by atoms with Crippen LogP contribution in [0.4, 0.5) is 0 Å². The van der Waals surface area contributed by atoms with Gasteiger partial charge in [0.1, 0.15) is 0 Å². The van der Waals surface area contributed by atoms with Gasteiger partial charge in [-0.05, 0) is 107 Å². The van der Waals surface area contributed by atoms with E-state index in [1.807, 2.05) is 0 Å². The Bertz CT molecular complexity index is 2770. The van der Waals surface area contributed by atoms with E-state index in [2.05, 4.69) is 205 Å². The average molecular weight is 655 g/mol. The van der Waals surface area contributed by atoms with Gasteiger partial charge in [-0.1, -0.05) is 128 Å². The molecule has 0 amide bonds. The van der Waals surface area contributed by atoms with Crippen molar-refractivity contribution in [3.05, 3.63) is 193 Å². The molecule has 244 valence electrons. The summed E-state index contributed by atoms with van der Waals surface area (Å²) in [5, 5.41) is 5.05. The highest BCUT2D eigenvalue weighted by Crippen LogP contribution is 2.38. The van der Waals surface area contributed by atoms with E-state index in [0.29, 0.717) is 0 Å². The van der Waals surface area contributed by atoms with Crippen molar-refractivity contribution in [3.63, 3.8) is 0 Å². The van der Waals surface area contributed by atoms with E-state index in [1.54, 1.807) is 0 Å². The first kappa shape index (κ1) is 30.7. The van der Waals surface area contributed by atoms with Crippen LogP contribution in [-0.4, -0.2) is 9.13 Å². The summed E-state index contributed by atoms with van der Waals surface area (Å²) in [5.41, 5.74) is 14.7. The zero-order valence-corrected chi connectivity index (χ0v) is 28.9. The molecule has 9 aromatic rings. The maximum atomic E-state index is 2.42. The Morgan fingerprint density at radius 3 is 1.53 bits per heavy atom. The molecule has 7 aromatic carbocycles. The van der Waals surface area contributed by atoms with Crippen LogP contribution in [0.25, 0.3) is 77.3 Å². The number of hydrogen-bond donors (Lipinski definition) is 0. The van der Waals surface area contributed by atoms with Crippen molar-refractivity contribution in [2.75, 3.05) is 0 Å². The fourth-order valence-electron chi connectivity index (χ4n) is 7.72. The van der Waals surface area contributed by atoms with Gasteiger partial charge in [-0.25, -0.2) is 0 Å². The van der Waals surface area contributed by atoms with Gasteiger partial charge in [0.15, 0.2) is 0 Å². The van der Waals surface area contributed by atoms with Crippen molar-refractivity contribution in [1.29, 1.82) is 0 Å². The highest BCUT2D eigenvalue weighted by atomic mass is 15.0. The number of fused-ring (bicyclic) bond motifs is 6. The molecular weight excluding hydrogens is 617 g/mol. The first-order valence-electron chi connectivity index (χ1n) is 17.8. The lowest BCUT2D eigenvalue weighted by atomic mass is 10.00. The smallest absolute Gasteiger partial charge is 0.0541 e. The number of allylic oxidation sites excluding steroid dienone is 4. The zero-order valence-electron chi connectivity index (χ0n) is 28.9. The van der Waals surface area contributed by atoms with Gasteiger partial charge in [0.05, 0.1) is 22.1 Å². The monoisotopic (exact) mass is 654 g/mol. The maximum absolute atomic E-state index is 2.42. The molecule has 2 aromatic heterocycles. The standard InChI is InChI=1S/C49H38N2/c1-3-35(26-25-34(2)36-15-6-4-7-16-36)37-17-14-20-41(31-37)51-47-24-13-11-22-43(47)45-33-39(28-30-49(45)51)38-27-29-48-44(32-38)42-21-10-12-23-46(42)50(48)40-18-8-5-9-19-40/h4-33H,3H2,1-2H3/b34-25+,35-26+. The van der Waals surface area contributed by atoms with E-state index in [0.717, 1.165) is 6.42 Å². The Kier molecular flexibility index (Phi) is 7.71. The van der Waals surface area contributed by atoms with Crippen molar-refractivity contribution in [3.8, 4) is 22.5 Å². The predicted octanol–water partition coefficient (Wildman–Crippen LogP) is 13.4. The van der Waals surface area contributed by atoms with Gasteiger partial charge in [0.2, 0.25) is 0 Å². The van der Waals surface area contributed by atoms with Crippen LogP contribution in [0.5, 0.6) is 0 Å². The molecule has 0 fully saturated rings. The van der Waals surface area contributed by atoms with Crippen LogP contribution < -0.4 is 0 Å². The third kappa shape index (κ3) is 5.37. The molecular formula is C49H38N2. The summed E-state index contributed by atoms with van der Waals surface area (Å²) in [6.45, 7) is 4.42. The summed E-state index contributed by atoms with van der Waals surface area (Å²) in [4.78, 5) is 0. The molecule has 0 atom stereocenters. The number of hydrogen-bond acceptors (Lipinski definition) is 0. The topological polar surface area (TPSA) is 9.86 Å². The molecule has 0 saturated heterocycles. The molecule has 0 unspecified atom stereocenters. The molecule has 0 spiro atoms. The zero-order chi connectivity index (χ0) is 34.3. The minimum atomic E-state index is 0.951. The van der Waals surface area contributed by atoms with Gasteiger partial charge in [-0.15, -0.1) is 0 Å². The van der Waals surface area contributed by atoms with E-state index in [-0.39, 0.29) is 0 Å². The molecule has 0 aliphatic heterocycles. The number of rotatable bonds is 7. The van der Waals surface area contributed by atoms with Crippen LogP contribution in [0.1, 0.15) is 31.4 Å². The van der Waals surface area contributed by atoms with Crippen LogP contribution in [0.3, 0.4) is 0 Å². The van der Waals surface area contributed by atoms with Gasteiger partial charge in [-0.2, -0.15) is 0 Å². The molecule has 0 aliphatic carbocycles. The second kappa shape index (κ2) is 12.8. The summed E-state index contributed by atoms with van der Waals surface area (Å²) in [5.74, 6) is 0. The lowest BCUT2D eigenvalue weighted by Crippen LogP contribution is -1.95. The van der Waals surface area contributed by atoms with E-state index < -0.39 is 0 Å². The Morgan fingerprint density at radius 2 is 0.922 bits per heavy atom. The van der Waals surface area contributed by atoms with E-state index in [9.17, 15) is 0 Å². The molecule has 2 heterocycles. The summed E-state index contributed by atoms with van der Waals surface area (Å²) in [6.07, 6.45) is 5.49. The normalized spacial score (nSPS) is 12.4. The third-order valence-corrected chi connectivity index (χ3v) is 10.3. The van der Waals surface area contributed by atoms with Gasteiger partial charge in [-0.3, -0.25) is 0 Å². The van der Waals surface area contributed by atoms with Gasteiger partial charge < -0.3 is 9.13 Å². The highest BCUT2D eigenvalue weighted by Gasteiger charge is 2.16. The van der Waals surface area contributed by atoms with Gasteiger partial charge >= 0.3 is 0 Å². The quantitative estimate of drug-likeness (QED) is 0.151. The highest BCUT2D eigenvalue weighted by molar-refractivity contribution is 6.12. The van der Waals surface area contributed by atoms with Crippen LogP contribution in [0, 0.1) is 0 Å². The van der Waals surface area contributed by atoms with Crippen molar-refractivity contribution in [1.82, 2.24) is 9.13 Å². The number of para-hydroxylation sites is 3. The fraction of sp³-hybridized carbons (Fsp3) is 0.0612. The maximum Gasteiger partial charge on any atom is 0.0541 e. The van der Waals surface area contributed by atoms with E-state index in [1.165, 1.54) is 88.4 Å². The molecule has 0 saturated carbocycles. The third-order valence-electron chi connectivity index (χ3n) is 10.3. The molecule has 0 N–H and O–H groups in total. The number of benzene rings is 7. The van der Waals surface area contributed by atoms with Gasteiger partial charge in [0, 0.05) is 32.9 Å². The molecule has 0 bridgehead atoms. The van der Waals surface area contributed by atoms with E-state index >= 15 is 0 Å². The van der Waals surface area contributed by atoms with Crippen LogP contribution in [0.2, 0.25) is 0 Å². The molecule has 51 heavy (non-hydrogen) atoms. The largest absolute Gasteiger partial charge is 0.309 e. The first-order chi connectivity index (χ1) is 25.2. The molecule has 2 nitrogen and oxygen atoms in total. The minimum Gasteiger partial charge on any atom is -0.309 e. The Balaban J connectivity index is 1.15. The Morgan fingerprint density at radius 1 is 0.431 bits per heavy atom. The lowest BCUT2D eigenvalue weighted by Gasteiger charge is -2.12. The summed E-state index contributed by atoms with van der Waals surface area (Å²) >= 11 is 0. The second-order valence-electron chi connectivity index (χ2n) is 13.3. The SMILES string of the molecule is CC/C(=C\C=C(/C)c1ccccc1)c1cccc(-n2c3ccccc3c3cc(-c4ccc5c(c4)c4ccccc4n5-c4ccccc4)ccc32)c1. The lowest BCUT2D eigenvalue weighted by molar-refractivity contribution is 1.17.